The number of hydrogen-bond acceptors (Lipinski definition) is 4. The van der Waals surface area contributed by atoms with Crippen LogP contribution in [0.15, 0.2) is 53.6 Å². The van der Waals surface area contributed by atoms with Crippen LogP contribution in [0.3, 0.4) is 0 Å². The van der Waals surface area contributed by atoms with Gasteiger partial charge >= 0.3 is 0 Å². The lowest BCUT2D eigenvalue weighted by Crippen LogP contribution is -2.14. The first kappa shape index (κ1) is 14.3. The number of methoxy groups -OCH3 is 1. The highest BCUT2D eigenvalue weighted by Gasteiger charge is 2.24. The van der Waals surface area contributed by atoms with Gasteiger partial charge in [-0.3, -0.25) is 4.98 Å². The number of benzene rings is 1. The third-order valence-electron chi connectivity index (χ3n) is 3.07. The minimum Gasteiger partial charge on any atom is -0.494 e. The molecule has 0 saturated carbocycles. The second-order valence-electron chi connectivity index (χ2n) is 4.30. The van der Waals surface area contributed by atoms with Gasteiger partial charge < -0.3 is 4.74 Å². The first-order chi connectivity index (χ1) is 10.1. The Morgan fingerprint density at radius 1 is 1.19 bits per heavy atom. The minimum absolute atomic E-state index is 0.228. The van der Waals surface area contributed by atoms with Gasteiger partial charge in [-0.05, 0) is 40.8 Å². The SMILES string of the molecule is COc1ccnc2cc(I)n(S(=O)(=O)c3ccccc3)c12. The van der Waals surface area contributed by atoms with E-state index < -0.39 is 10.0 Å². The highest BCUT2D eigenvalue weighted by atomic mass is 127. The fourth-order valence-corrected chi connectivity index (χ4v) is 4.87. The van der Waals surface area contributed by atoms with Crippen molar-refractivity contribution in [1.82, 2.24) is 8.96 Å². The molecule has 0 unspecified atom stereocenters. The summed E-state index contributed by atoms with van der Waals surface area (Å²) in [6.45, 7) is 0. The Morgan fingerprint density at radius 3 is 2.57 bits per heavy atom. The fourth-order valence-electron chi connectivity index (χ4n) is 2.14. The molecule has 0 radical (unpaired) electrons. The van der Waals surface area contributed by atoms with Gasteiger partial charge in [-0.1, -0.05) is 18.2 Å². The van der Waals surface area contributed by atoms with Crippen LogP contribution >= 0.6 is 22.6 Å². The highest BCUT2D eigenvalue weighted by Crippen LogP contribution is 2.31. The van der Waals surface area contributed by atoms with E-state index in [9.17, 15) is 8.42 Å². The Kier molecular flexibility index (Phi) is 3.62. The van der Waals surface area contributed by atoms with Crippen molar-refractivity contribution in [3.63, 3.8) is 0 Å². The lowest BCUT2D eigenvalue weighted by Gasteiger charge is -2.11. The van der Waals surface area contributed by atoms with Crippen LogP contribution in [0.2, 0.25) is 0 Å². The van der Waals surface area contributed by atoms with Gasteiger partial charge in [0.05, 0.1) is 21.2 Å². The molecule has 7 heteroatoms. The summed E-state index contributed by atoms with van der Waals surface area (Å²) in [5.41, 5.74) is 1.03. The van der Waals surface area contributed by atoms with E-state index in [0.29, 0.717) is 20.5 Å². The topological polar surface area (TPSA) is 61.2 Å². The molecule has 1 aromatic carbocycles. The van der Waals surface area contributed by atoms with Gasteiger partial charge in [-0.15, -0.1) is 0 Å². The van der Waals surface area contributed by atoms with Crippen molar-refractivity contribution >= 4 is 43.6 Å². The molecule has 0 aliphatic rings. The first-order valence-electron chi connectivity index (χ1n) is 6.06. The maximum absolute atomic E-state index is 12.9. The molecule has 2 aromatic heterocycles. The average Bonchev–Trinajstić information content (AvgIpc) is 2.84. The summed E-state index contributed by atoms with van der Waals surface area (Å²) in [6.07, 6.45) is 1.59. The molecule has 2 heterocycles. The second kappa shape index (κ2) is 5.30. The molecule has 0 bridgehead atoms. The molecular formula is C14H11IN2O3S. The Bertz CT molecular complexity index is 905. The van der Waals surface area contributed by atoms with Gasteiger partial charge in [0.2, 0.25) is 0 Å². The van der Waals surface area contributed by atoms with Crippen molar-refractivity contribution in [3.8, 4) is 5.75 Å². The zero-order chi connectivity index (χ0) is 15.0. The van der Waals surface area contributed by atoms with Crippen LogP contribution in [0.1, 0.15) is 0 Å². The predicted molar refractivity (Wildman–Crippen MR) is 88.0 cm³/mol. The summed E-state index contributed by atoms with van der Waals surface area (Å²) < 4.78 is 32.9. The molecular weight excluding hydrogens is 403 g/mol. The molecule has 0 aliphatic heterocycles. The van der Waals surface area contributed by atoms with Crippen LogP contribution in [0.25, 0.3) is 11.0 Å². The maximum Gasteiger partial charge on any atom is 0.269 e. The molecule has 108 valence electrons. The maximum atomic E-state index is 12.9. The number of fused-ring (bicyclic) bond motifs is 1. The number of ether oxygens (including phenoxy) is 1. The predicted octanol–water partition coefficient (Wildman–Crippen LogP) is 2.89. The first-order valence-corrected chi connectivity index (χ1v) is 8.58. The molecule has 0 amide bonds. The third-order valence-corrected chi connectivity index (χ3v) is 5.92. The van der Waals surface area contributed by atoms with Crippen LogP contribution < -0.4 is 4.74 Å². The molecule has 21 heavy (non-hydrogen) atoms. The Hall–Kier alpha value is -1.61. The number of rotatable bonds is 3. The Balaban J connectivity index is 2.38. The standard InChI is InChI=1S/C14H11IN2O3S/c1-20-12-7-8-16-11-9-13(15)17(14(11)12)21(18,19)10-5-3-2-4-6-10/h2-9H,1H3. The van der Waals surface area contributed by atoms with E-state index in [1.54, 1.807) is 48.7 Å². The lowest BCUT2D eigenvalue weighted by atomic mass is 10.3. The molecule has 0 atom stereocenters. The van der Waals surface area contributed by atoms with Crippen molar-refractivity contribution in [2.75, 3.05) is 7.11 Å². The normalized spacial score (nSPS) is 11.7. The van der Waals surface area contributed by atoms with E-state index in [1.165, 1.54) is 11.1 Å². The van der Waals surface area contributed by atoms with Gasteiger partial charge in [0.1, 0.15) is 11.3 Å². The van der Waals surface area contributed by atoms with Gasteiger partial charge in [0, 0.05) is 12.3 Å². The van der Waals surface area contributed by atoms with E-state index in [1.807, 2.05) is 22.6 Å². The van der Waals surface area contributed by atoms with Gasteiger partial charge in [-0.2, -0.15) is 0 Å². The van der Waals surface area contributed by atoms with E-state index in [0.717, 1.165) is 0 Å². The third kappa shape index (κ3) is 2.30. The number of aromatic nitrogens is 2. The molecule has 0 spiro atoms. The van der Waals surface area contributed by atoms with Crippen LogP contribution in [-0.4, -0.2) is 24.5 Å². The molecule has 5 nitrogen and oxygen atoms in total. The number of hydrogen-bond donors (Lipinski definition) is 0. The molecule has 0 fully saturated rings. The summed E-state index contributed by atoms with van der Waals surface area (Å²) in [4.78, 5) is 4.44. The van der Waals surface area contributed by atoms with Crippen molar-refractivity contribution < 1.29 is 13.2 Å². The van der Waals surface area contributed by atoms with Crippen molar-refractivity contribution in [1.29, 1.82) is 0 Å². The highest BCUT2D eigenvalue weighted by molar-refractivity contribution is 14.1. The molecule has 3 aromatic rings. The zero-order valence-electron chi connectivity index (χ0n) is 11.0. The van der Waals surface area contributed by atoms with Crippen LogP contribution in [0.5, 0.6) is 5.75 Å². The molecule has 0 saturated heterocycles. The summed E-state index contributed by atoms with van der Waals surface area (Å²) in [7, 11) is -2.19. The Labute approximate surface area is 135 Å². The Morgan fingerprint density at radius 2 is 1.90 bits per heavy atom. The van der Waals surface area contributed by atoms with Crippen molar-refractivity contribution in [2.45, 2.75) is 4.90 Å². The average molecular weight is 414 g/mol. The van der Waals surface area contributed by atoms with Gasteiger partial charge in [0.15, 0.2) is 0 Å². The van der Waals surface area contributed by atoms with E-state index in [2.05, 4.69) is 4.98 Å². The summed E-state index contributed by atoms with van der Waals surface area (Å²) in [5.74, 6) is 0.474. The van der Waals surface area contributed by atoms with Gasteiger partial charge in [0.25, 0.3) is 10.0 Å². The van der Waals surface area contributed by atoms with E-state index >= 15 is 0 Å². The van der Waals surface area contributed by atoms with E-state index in [-0.39, 0.29) is 4.90 Å². The summed E-state index contributed by atoms with van der Waals surface area (Å²) in [5, 5.41) is 0. The van der Waals surface area contributed by atoms with Gasteiger partial charge in [-0.25, -0.2) is 12.4 Å². The minimum atomic E-state index is -3.70. The van der Waals surface area contributed by atoms with Crippen LogP contribution in [0, 0.1) is 3.70 Å². The largest absolute Gasteiger partial charge is 0.494 e. The monoisotopic (exact) mass is 414 g/mol. The molecule has 0 N–H and O–H groups in total. The summed E-state index contributed by atoms with van der Waals surface area (Å²) in [6, 6.07) is 11.7. The lowest BCUT2D eigenvalue weighted by molar-refractivity contribution is 0.418. The van der Waals surface area contributed by atoms with Crippen molar-refractivity contribution in [2.24, 2.45) is 0 Å². The number of nitrogens with zero attached hydrogens (tertiary/aromatic N) is 2. The van der Waals surface area contributed by atoms with E-state index in [4.69, 9.17) is 4.74 Å². The van der Waals surface area contributed by atoms with Crippen LogP contribution in [-0.2, 0) is 10.0 Å². The second-order valence-corrected chi connectivity index (χ2v) is 7.19. The smallest absolute Gasteiger partial charge is 0.269 e. The zero-order valence-corrected chi connectivity index (χ0v) is 14.0. The van der Waals surface area contributed by atoms with Crippen molar-refractivity contribution in [3.05, 3.63) is 52.4 Å². The number of halogens is 1. The number of pyridine rings is 1. The fraction of sp³-hybridized carbons (Fsp3) is 0.0714. The van der Waals surface area contributed by atoms with Crippen LogP contribution in [0.4, 0.5) is 0 Å². The quantitative estimate of drug-likeness (QED) is 0.619. The molecule has 0 aliphatic carbocycles. The molecule has 3 rings (SSSR count). The summed E-state index contributed by atoms with van der Waals surface area (Å²) >= 11 is 1.99.